The van der Waals surface area contributed by atoms with Crippen molar-refractivity contribution in [1.29, 1.82) is 0 Å². The molecule has 128 valence electrons. The average molecular weight is 325 g/mol. The van der Waals surface area contributed by atoms with E-state index in [1.807, 2.05) is 57.2 Å². The lowest BCUT2D eigenvalue weighted by Crippen LogP contribution is -2.39. The van der Waals surface area contributed by atoms with Crippen LogP contribution in [0.4, 0.5) is 0 Å². The van der Waals surface area contributed by atoms with E-state index in [9.17, 15) is 4.79 Å². The Kier molecular flexibility index (Phi) is 6.42. The Morgan fingerprint density at radius 1 is 1.12 bits per heavy atom. The first kappa shape index (κ1) is 18.1. The molecule has 0 saturated heterocycles. The summed E-state index contributed by atoms with van der Waals surface area (Å²) in [5.74, 6) is 1.00. The zero-order valence-electron chi connectivity index (χ0n) is 15.0. The van der Waals surface area contributed by atoms with E-state index in [-0.39, 0.29) is 11.8 Å². The van der Waals surface area contributed by atoms with Gasteiger partial charge in [0.05, 0.1) is 0 Å². The number of carbonyl (C=O) groups is 1. The lowest BCUT2D eigenvalue weighted by atomic mass is 10.0. The molecule has 0 aliphatic rings. The fourth-order valence-electron chi connectivity index (χ4n) is 2.58. The van der Waals surface area contributed by atoms with Gasteiger partial charge in [-0.15, -0.1) is 0 Å². The van der Waals surface area contributed by atoms with Crippen LogP contribution in [0.25, 0.3) is 0 Å². The molecule has 3 nitrogen and oxygen atoms in total. The molecule has 24 heavy (non-hydrogen) atoms. The van der Waals surface area contributed by atoms with E-state index in [0.717, 1.165) is 16.9 Å². The molecule has 0 spiro atoms. The van der Waals surface area contributed by atoms with Gasteiger partial charge in [0.2, 0.25) is 0 Å². The Bertz CT molecular complexity index is 667. The summed E-state index contributed by atoms with van der Waals surface area (Å²) in [5.41, 5.74) is 3.40. The van der Waals surface area contributed by atoms with Crippen LogP contribution in [0.15, 0.2) is 48.5 Å². The highest BCUT2D eigenvalue weighted by Gasteiger charge is 2.19. The van der Waals surface area contributed by atoms with E-state index in [0.29, 0.717) is 13.0 Å². The molecule has 0 bridgehead atoms. The van der Waals surface area contributed by atoms with Crippen molar-refractivity contribution in [3.63, 3.8) is 0 Å². The fourth-order valence-corrected chi connectivity index (χ4v) is 2.58. The van der Waals surface area contributed by atoms with Crippen LogP contribution in [0.5, 0.6) is 5.75 Å². The van der Waals surface area contributed by atoms with Crippen LogP contribution in [0.2, 0.25) is 0 Å². The van der Waals surface area contributed by atoms with Gasteiger partial charge in [0.15, 0.2) is 6.10 Å². The molecular formula is C21H27NO2. The summed E-state index contributed by atoms with van der Waals surface area (Å²) in [5, 5.41) is 3.02. The molecule has 3 heteroatoms. The number of hydrogen-bond acceptors (Lipinski definition) is 2. The highest BCUT2D eigenvalue weighted by molar-refractivity contribution is 5.81. The van der Waals surface area contributed by atoms with Crippen molar-refractivity contribution in [2.24, 2.45) is 0 Å². The first-order valence-corrected chi connectivity index (χ1v) is 8.57. The minimum atomic E-state index is -0.464. The van der Waals surface area contributed by atoms with Crippen molar-refractivity contribution in [2.45, 2.75) is 46.1 Å². The van der Waals surface area contributed by atoms with E-state index in [1.54, 1.807) is 0 Å². The van der Waals surface area contributed by atoms with Gasteiger partial charge in [0, 0.05) is 6.54 Å². The molecule has 0 aliphatic heterocycles. The molecule has 2 aromatic rings. The second-order valence-electron chi connectivity index (χ2n) is 6.34. The standard InChI is InChI=1S/C21H27NO2/c1-5-19(24-20-13-15(2)11-12-16(20)3)21(23)22-14-17(4)18-9-7-6-8-10-18/h6-13,17,19H,5,14H2,1-4H3,(H,22,23)/t17-,19+/m1/s1. The molecule has 0 heterocycles. The van der Waals surface area contributed by atoms with E-state index >= 15 is 0 Å². The van der Waals surface area contributed by atoms with Gasteiger partial charge in [-0.05, 0) is 48.9 Å². The second-order valence-corrected chi connectivity index (χ2v) is 6.34. The zero-order chi connectivity index (χ0) is 17.5. The Morgan fingerprint density at radius 2 is 1.83 bits per heavy atom. The number of carbonyl (C=O) groups excluding carboxylic acids is 1. The minimum absolute atomic E-state index is 0.0545. The first-order valence-electron chi connectivity index (χ1n) is 8.57. The number of hydrogen-bond donors (Lipinski definition) is 1. The maximum atomic E-state index is 12.5. The van der Waals surface area contributed by atoms with Gasteiger partial charge < -0.3 is 10.1 Å². The highest BCUT2D eigenvalue weighted by Crippen LogP contribution is 2.21. The Hall–Kier alpha value is -2.29. The quantitative estimate of drug-likeness (QED) is 0.820. The summed E-state index contributed by atoms with van der Waals surface area (Å²) in [6.07, 6.45) is 0.173. The number of rotatable bonds is 7. The maximum Gasteiger partial charge on any atom is 0.261 e. The Morgan fingerprint density at radius 3 is 2.50 bits per heavy atom. The van der Waals surface area contributed by atoms with Crippen molar-refractivity contribution < 1.29 is 9.53 Å². The summed E-state index contributed by atoms with van der Waals surface area (Å²) in [6, 6.07) is 16.3. The summed E-state index contributed by atoms with van der Waals surface area (Å²) < 4.78 is 5.96. The van der Waals surface area contributed by atoms with Crippen molar-refractivity contribution in [3.8, 4) is 5.75 Å². The summed E-state index contributed by atoms with van der Waals surface area (Å²) in [7, 11) is 0. The molecule has 0 aliphatic carbocycles. The van der Waals surface area contributed by atoms with Gasteiger partial charge in [0.25, 0.3) is 5.91 Å². The molecule has 1 amide bonds. The first-order chi connectivity index (χ1) is 11.5. The maximum absolute atomic E-state index is 12.5. The third kappa shape index (κ3) is 4.85. The van der Waals surface area contributed by atoms with Crippen LogP contribution >= 0.6 is 0 Å². The van der Waals surface area contributed by atoms with E-state index in [2.05, 4.69) is 24.4 Å². The average Bonchev–Trinajstić information content (AvgIpc) is 2.60. The molecule has 0 unspecified atom stereocenters. The smallest absolute Gasteiger partial charge is 0.261 e. The second kappa shape index (κ2) is 8.53. The summed E-state index contributed by atoms with van der Waals surface area (Å²) in [4.78, 5) is 12.5. The predicted octanol–water partition coefficient (Wildman–Crippen LogP) is 4.38. The molecule has 2 rings (SSSR count). The Balaban J connectivity index is 1.95. The molecule has 2 aromatic carbocycles. The highest BCUT2D eigenvalue weighted by atomic mass is 16.5. The van der Waals surface area contributed by atoms with Crippen molar-refractivity contribution >= 4 is 5.91 Å². The molecule has 0 aromatic heterocycles. The van der Waals surface area contributed by atoms with Gasteiger partial charge in [-0.25, -0.2) is 0 Å². The van der Waals surface area contributed by atoms with E-state index in [1.165, 1.54) is 5.56 Å². The molecule has 0 saturated carbocycles. The number of nitrogens with one attached hydrogen (secondary N) is 1. The number of ether oxygens (including phenoxy) is 1. The topological polar surface area (TPSA) is 38.3 Å². The minimum Gasteiger partial charge on any atom is -0.480 e. The lowest BCUT2D eigenvalue weighted by Gasteiger charge is -2.20. The molecular weight excluding hydrogens is 298 g/mol. The largest absolute Gasteiger partial charge is 0.480 e. The van der Waals surface area contributed by atoms with Crippen LogP contribution in [0.1, 0.15) is 42.9 Å². The van der Waals surface area contributed by atoms with Crippen molar-refractivity contribution in [1.82, 2.24) is 5.32 Å². The monoisotopic (exact) mass is 325 g/mol. The van der Waals surface area contributed by atoms with Crippen LogP contribution in [0.3, 0.4) is 0 Å². The van der Waals surface area contributed by atoms with Crippen LogP contribution in [0, 0.1) is 13.8 Å². The Labute approximate surface area is 145 Å². The van der Waals surface area contributed by atoms with Gasteiger partial charge >= 0.3 is 0 Å². The molecule has 1 N–H and O–H groups in total. The van der Waals surface area contributed by atoms with Gasteiger partial charge in [-0.3, -0.25) is 4.79 Å². The van der Waals surface area contributed by atoms with Crippen LogP contribution < -0.4 is 10.1 Å². The van der Waals surface area contributed by atoms with Crippen molar-refractivity contribution in [2.75, 3.05) is 6.54 Å². The normalized spacial score (nSPS) is 13.2. The lowest BCUT2D eigenvalue weighted by molar-refractivity contribution is -0.128. The summed E-state index contributed by atoms with van der Waals surface area (Å²) in [6.45, 7) is 8.71. The third-order valence-corrected chi connectivity index (χ3v) is 4.23. The van der Waals surface area contributed by atoms with Gasteiger partial charge in [0.1, 0.15) is 5.75 Å². The number of benzene rings is 2. The molecule has 2 atom stereocenters. The zero-order valence-corrected chi connectivity index (χ0v) is 15.0. The molecule has 0 radical (unpaired) electrons. The SMILES string of the molecule is CC[C@H](Oc1cc(C)ccc1C)C(=O)NC[C@@H](C)c1ccccc1. The van der Waals surface area contributed by atoms with Gasteiger partial charge in [-0.1, -0.05) is 56.3 Å². The van der Waals surface area contributed by atoms with Crippen LogP contribution in [-0.4, -0.2) is 18.6 Å². The fraction of sp³-hybridized carbons (Fsp3) is 0.381. The van der Waals surface area contributed by atoms with E-state index in [4.69, 9.17) is 4.74 Å². The number of aryl methyl sites for hydroxylation is 2. The van der Waals surface area contributed by atoms with Crippen molar-refractivity contribution in [3.05, 3.63) is 65.2 Å². The predicted molar refractivity (Wildman–Crippen MR) is 98.5 cm³/mol. The third-order valence-electron chi connectivity index (χ3n) is 4.23. The molecule has 0 fully saturated rings. The summed E-state index contributed by atoms with van der Waals surface area (Å²) >= 11 is 0. The van der Waals surface area contributed by atoms with Gasteiger partial charge in [-0.2, -0.15) is 0 Å². The number of amides is 1. The van der Waals surface area contributed by atoms with Crippen LogP contribution in [-0.2, 0) is 4.79 Å². The van der Waals surface area contributed by atoms with E-state index < -0.39 is 6.10 Å².